The summed E-state index contributed by atoms with van der Waals surface area (Å²) in [5.74, 6) is -0.153. The van der Waals surface area contributed by atoms with E-state index in [9.17, 15) is 14.7 Å². The molecule has 0 saturated carbocycles. The van der Waals surface area contributed by atoms with Crippen molar-refractivity contribution in [2.75, 3.05) is 27.9 Å². The summed E-state index contributed by atoms with van der Waals surface area (Å²) in [7, 11) is 4.40. The molecule has 1 aromatic carbocycles. The first-order chi connectivity index (χ1) is 16.4. The molecular weight excluding hydrogens is 442 g/mol. The van der Waals surface area contributed by atoms with Gasteiger partial charge in [-0.3, -0.25) is 9.48 Å². The zero-order valence-corrected chi connectivity index (χ0v) is 19.7. The number of amides is 1. The lowest BCUT2D eigenvalue weighted by atomic mass is 9.87. The Balaban J connectivity index is 1.93. The number of nitrogens with one attached hydrogen (secondary N) is 1. The Morgan fingerprint density at radius 3 is 2.59 bits per heavy atom. The van der Waals surface area contributed by atoms with Gasteiger partial charge in [0.25, 0.3) is 0 Å². The Morgan fingerprint density at radius 2 is 1.97 bits per heavy atom. The second-order valence-electron chi connectivity index (χ2n) is 7.60. The van der Waals surface area contributed by atoms with E-state index in [1.807, 2.05) is 12.3 Å². The van der Waals surface area contributed by atoms with Crippen LogP contribution in [-0.4, -0.2) is 48.7 Å². The van der Waals surface area contributed by atoms with Crippen molar-refractivity contribution >= 4 is 5.91 Å². The summed E-state index contributed by atoms with van der Waals surface area (Å²) in [5, 5.41) is 17.6. The quantitative estimate of drug-likeness (QED) is 0.409. The van der Waals surface area contributed by atoms with E-state index in [1.54, 1.807) is 29.9 Å². The topological polar surface area (TPSA) is 125 Å². The summed E-state index contributed by atoms with van der Waals surface area (Å²) in [6.45, 7) is 2.63. The predicted molar refractivity (Wildman–Crippen MR) is 124 cm³/mol. The maximum atomic E-state index is 12.9. The van der Waals surface area contributed by atoms with Gasteiger partial charge in [-0.2, -0.15) is 5.10 Å². The first kappa shape index (κ1) is 24.7. The lowest BCUT2D eigenvalue weighted by Crippen LogP contribution is -2.28. The monoisotopic (exact) mass is 471 g/mol. The molecule has 10 nitrogen and oxygen atoms in total. The third-order valence-corrected chi connectivity index (χ3v) is 5.38. The second-order valence-corrected chi connectivity index (χ2v) is 7.60. The van der Waals surface area contributed by atoms with Crippen LogP contribution in [0.5, 0.6) is 23.0 Å². The van der Waals surface area contributed by atoms with Crippen LogP contribution in [0.25, 0.3) is 0 Å². The van der Waals surface area contributed by atoms with Gasteiger partial charge >= 0.3 is 5.63 Å². The fraction of sp³-hybridized carbons (Fsp3) is 0.375. The number of carbonyl (C=O) groups excluding carboxylic acids is 1. The maximum absolute atomic E-state index is 12.9. The lowest BCUT2D eigenvalue weighted by molar-refractivity contribution is -0.121. The molecule has 0 radical (unpaired) electrons. The summed E-state index contributed by atoms with van der Waals surface area (Å²) in [5.41, 5.74) is -0.299. The van der Waals surface area contributed by atoms with Gasteiger partial charge < -0.3 is 29.1 Å². The number of aromatic nitrogens is 2. The van der Waals surface area contributed by atoms with Gasteiger partial charge in [0, 0.05) is 49.5 Å². The van der Waals surface area contributed by atoms with Crippen LogP contribution in [0.3, 0.4) is 0 Å². The predicted octanol–water partition coefficient (Wildman–Crippen LogP) is 2.60. The normalized spacial score (nSPS) is 11.6. The summed E-state index contributed by atoms with van der Waals surface area (Å²) in [6.07, 6.45) is 4.09. The number of methoxy groups -OCH3 is 3. The van der Waals surface area contributed by atoms with Crippen LogP contribution in [0.4, 0.5) is 0 Å². The van der Waals surface area contributed by atoms with E-state index in [2.05, 4.69) is 10.4 Å². The highest BCUT2D eigenvalue weighted by Gasteiger charge is 2.30. The van der Waals surface area contributed by atoms with Crippen LogP contribution in [-0.2, 0) is 11.3 Å². The van der Waals surface area contributed by atoms with Gasteiger partial charge in [0.15, 0.2) is 11.5 Å². The van der Waals surface area contributed by atoms with E-state index >= 15 is 0 Å². The van der Waals surface area contributed by atoms with Crippen molar-refractivity contribution in [2.24, 2.45) is 0 Å². The Morgan fingerprint density at radius 1 is 1.21 bits per heavy atom. The first-order valence-corrected chi connectivity index (χ1v) is 10.8. The van der Waals surface area contributed by atoms with Gasteiger partial charge in [0.05, 0.1) is 26.9 Å². The number of aromatic hydroxyl groups is 1. The summed E-state index contributed by atoms with van der Waals surface area (Å²) < 4.78 is 23.4. The van der Waals surface area contributed by atoms with Gasteiger partial charge in [0.1, 0.15) is 11.5 Å². The summed E-state index contributed by atoms with van der Waals surface area (Å²) in [4.78, 5) is 25.6. The number of aryl methyl sites for hydroxylation is 2. The molecule has 0 fully saturated rings. The van der Waals surface area contributed by atoms with Gasteiger partial charge in [-0.05, 0) is 25.5 Å². The first-order valence-electron chi connectivity index (χ1n) is 10.8. The number of hydrogen-bond donors (Lipinski definition) is 2. The molecule has 0 aliphatic rings. The molecule has 34 heavy (non-hydrogen) atoms. The number of nitrogens with zero attached hydrogens (tertiary/aromatic N) is 2. The van der Waals surface area contributed by atoms with Crippen molar-refractivity contribution in [2.45, 2.75) is 32.2 Å². The van der Waals surface area contributed by atoms with E-state index < -0.39 is 11.5 Å². The van der Waals surface area contributed by atoms with Crippen molar-refractivity contribution in [3.05, 3.63) is 64.0 Å². The van der Waals surface area contributed by atoms with Gasteiger partial charge in [0.2, 0.25) is 11.7 Å². The molecule has 0 unspecified atom stereocenters. The van der Waals surface area contributed by atoms with Crippen molar-refractivity contribution in [1.82, 2.24) is 15.1 Å². The molecule has 3 rings (SSSR count). The smallest absolute Gasteiger partial charge is 0.343 e. The molecule has 10 heteroatoms. The molecule has 0 spiro atoms. The summed E-state index contributed by atoms with van der Waals surface area (Å²) >= 11 is 0. The highest BCUT2D eigenvalue weighted by molar-refractivity contribution is 5.78. The minimum absolute atomic E-state index is 0.0391. The molecule has 2 N–H and O–H groups in total. The van der Waals surface area contributed by atoms with Crippen LogP contribution in [0.15, 0.2) is 45.9 Å². The molecule has 2 heterocycles. The van der Waals surface area contributed by atoms with Crippen LogP contribution in [0, 0.1) is 6.92 Å². The van der Waals surface area contributed by atoms with E-state index in [0.717, 1.165) is 0 Å². The van der Waals surface area contributed by atoms with Crippen LogP contribution >= 0.6 is 0 Å². The molecule has 3 aromatic rings. The van der Waals surface area contributed by atoms with Crippen molar-refractivity contribution in [3.8, 4) is 23.0 Å². The molecule has 182 valence electrons. The third kappa shape index (κ3) is 5.51. The standard InChI is InChI=1S/C24H29N3O7/c1-15-13-18(28)21(24(30)34-15)17(14-20(29)25-9-5-11-27-12-6-10-26-27)16-7-8-19(31-2)23(33-4)22(16)32-3/h6-8,10,12-13,17,28H,5,9,11,14H2,1-4H3,(H,25,29)/t17-/m0/s1. The number of carbonyl (C=O) groups is 1. The minimum atomic E-state index is -0.863. The Labute approximate surface area is 197 Å². The number of rotatable bonds is 11. The fourth-order valence-corrected chi connectivity index (χ4v) is 3.85. The zero-order chi connectivity index (χ0) is 24.7. The molecule has 1 atom stereocenters. The highest BCUT2D eigenvalue weighted by Crippen LogP contribution is 2.45. The molecule has 1 amide bonds. The second kappa shape index (κ2) is 11.3. The van der Waals surface area contributed by atoms with Crippen LogP contribution < -0.4 is 25.2 Å². The zero-order valence-electron chi connectivity index (χ0n) is 19.7. The molecule has 2 aromatic heterocycles. The average Bonchev–Trinajstić information content (AvgIpc) is 3.33. The molecule has 0 aliphatic heterocycles. The maximum Gasteiger partial charge on any atom is 0.343 e. The van der Waals surface area contributed by atoms with E-state index in [0.29, 0.717) is 36.6 Å². The van der Waals surface area contributed by atoms with Gasteiger partial charge in [-0.15, -0.1) is 0 Å². The Bertz CT molecular complexity index is 1170. The molecule has 0 saturated heterocycles. The van der Waals surface area contributed by atoms with Crippen molar-refractivity contribution < 1.29 is 28.5 Å². The van der Waals surface area contributed by atoms with E-state index in [4.69, 9.17) is 18.6 Å². The van der Waals surface area contributed by atoms with Crippen LogP contribution in [0.1, 0.15) is 35.6 Å². The van der Waals surface area contributed by atoms with Crippen molar-refractivity contribution in [1.29, 1.82) is 0 Å². The fourth-order valence-electron chi connectivity index (χ4n) is 3.85. The largest absolute Gasteiger partial charge is 0.507 e. The lowest BCUT2D eigenvalue weighted by Gasteiger charge is -2.22. The average molecular weight is 472 g/mol. The van der Waals surface area contributed by atoms with Crippen molar-refractivity contribution in [3.63, 3.8) is 0 Å². The number of ether oxygens (including phenoxy) is 3. The summed E-state index contributed by atoms with van der Waals surface area (Å²) in [6, 6.07) is 6.51. The molecule has 0 bridgehead atoms. The van der Waals surface area contributed by atoms with E-state index in [-0.39, 0.29) is 35.2 Å². The minimum Gasteiger partial charge on any atom is -0.507 e. The highest BCUT2D eigenvalue weighted by atomic mass is 16.5. The van der Waals surface area contributed by atoms with Gasteiger partial charge in [-0.25, -0.2) is 4.79 Å². The molecule has 0 aliphatic carbocycles. The number of benzene rings is 1. The van der Waals surface area contributed by atoms with Gasteiger partial charge in [-0.1, -0.05) is 6.07 Å². The van der Waals surface area contributed by atoms with Crippen LogP contribution in [0.2, 0.25) is 0 Å². The third-order valence-electron chi connectivity index (χ3n) is 5.38. The molecular formula is C24H29N3O7. The Hall–Kier alpha value is -3.95. The number of hydrogen-bond acceptors (Lipinski definition) is 8. The SMILES string of the molecule is COc1ccc([C@H](CC(=O)NCCCn2cccn2)c2c(O)cc(C)oc2=O)c(OC)c1OC. The van der Waals surface area contributed by atoms with E-state index in [1.165, 1.54) is 27.4 Å². The Kier molecular flexibility index (Phi) is 8.18.